The largest absolute Gasteiger partial charge is 0.351 e. The number of aliphatic imine (C=N–C) groups is 1. The number of benzodiazepines with no additional fused rings is 1. The first-order valence-corrected chi connectivity index (χ1v) is 12.0. The number of aromatic nitrogens is 3. The second-order valence-electron chi connectivity index (χ2n) is 8.91. The van der Waals surface area contributed by atoms with Gasteiger partial charge in [0.1, 0.15) is 5.69 Å². The van der Waals surface area contributed by atoms with Crippen LogP contribution in [0, 0.1) is 6.92 Å². The summed E-state index contributed by atoms with van der Waals surface area (Å²) in [5.41, 5.74) is 5.82. The van der Waals surface area contributed by atoms with Crippen molar-refractivity contribution in [1.82, 2.24) is 20.3 Å². The van der Waals surface area contributed by atoms with Crippen LogP contribution in [-0.4, -0.2) is 38.6 Å². The zero-order valence-corrected chi connectivity index (χ0v) is 20.1. The van der Waals surface area contributed by atoms with Gasteiger partial charge in [-0.3, -0.25) is 9.59 Å². The number of nitrogens with one attached hydrogen (secondary N) is 3. The van der Waals surface area contributed by atoms with Crippen molar-refractivity contribution >= 4 is 34.1 Å². The van der Waals surface area contributed by atoms with Crippen LogP contribution >= 0.6 is 0 Å². The van der Waals surface area contributed by atoms with Gasteiger partial charge < -0.3 is 20.2 Å². The summed E-state index contributed by atoms with van der Waals surface area (Å²) in [4.78, 5) is 44.4. The fraction of sp³-hybridized carbons (Fsp3) is 0.103. The number of nitrogens with zero attached hydrogens (tertiary/aromatic N) is 3. The lowest BCUT2D eigenvalue weighted by Gasteiger charge is -2.25. The number of aryl methyl sites for hydroxylation is 1. The number of aromatic amines is 2. The normalized spacial score (nSPS) is 15.3. The number of rotatable bonds is 5. The summed E-state index contributed by atoms with van der Waals surface area (Å²) in [6.07, 6.45) is 0.473. The maximum absolute atomic E-state index is 14.0. The molecule has 0 aliphatic carbocycles. The van der Waals surface area contributed by atoms with Crippen molar-refractivity contribution in [2.24, 2.45) is 4.99 Å². The molecule has 182 valence electrons. The second kappa shape index (κ2) is 9.23. The molecule has 2 amide bonds. The van der Waals surface area contributed by atoms with Gasteiger partial charge in [-0.1, -0.05) is 66.7 Å². The lowest BCUT2D eigenvalue weighted by Crippen LogP contribution is -2.47. The van der Waals surface area contributed by atoms with E-state index in [9.17, 15) is 9.59 Å². The Bertz CT molecular complexity index is 1620. The molecule has 1 aliphatic rings. The number of hydrogen-bond acceptors (Lipinski definition) is 4. The Morgan fingerprint density at radius 1 is 1.00 bits per heavy atom. The van der Waals surface area contributed by atoms with E-state index in [1.165, 1.54) is 0 Å². The molecule has 0 fully saturated rings. The van der Waals surface area contributed by atoms with E-state index < -0.39 is 12.1 Å². The summed E-state index contributed by atoms with van der Waals surface area (Å²) >= 11 is 0. The number of anilines is 1. The Morgan fingerprint density at radius 3 is 2.54 bits per heavy atom. The smallest absolute Gasteiger partial charge is 0.272 e. The van der Waals surface area contributed by atoms with Crippen LogP contribution in [0.2, 0.25) is 0 Å². The van der Waals surface area contributed by atoms with E-state index in [4.69, 9.17) is 4.99 Å². The number of imidazole rings is 1. The molecule has 0 radical (unpaired) electrons. The number of carbonyl (C=O) groups excluding carboxylic acids is 2. The Morgan fingerprint density at radius 2 is 1.76 bits per heavy atom. The van der Waals surface area contributed by atoms with Gasteiger partial charge in [-0.25, -0.2) is 9.98 Å². The number of hydrogen-bond donors (Lipinski definition) is 3. The Balaban J connectivity index is 1.44. The van der Waals surface area contributed by atoms with E-state index in [2.05, 4.69) is 20.3 Å². The average Bonchev–Trinajstić information content (AvgIpc) is 3.53. The van der Waals surface area contributed by atoms with Crippen molar-refractivity contribution in [2.45, 2.75) is 19.6 Å². The summed E-state index contributed by atoms with van der Waals surface area (Å²) in [5, 5.41) is 3.78. The summed E-state index contributed by atoms with van der Waals surface area (Å²) in [6, 6.07) is 26.7. The van der Waals surface area contributed by atoms with E-state index in [0.717, 1.165) is 33.4 Å². The summed E-state index contributed by atoms with van der Waals surface area (Å²) in [5.74, 6) is -0.752. The Labute approximate surface area is 213 Å². The number of para-hydroxylation sites is 2. The predicted molar refractivity (Wildman–Crippen MR) is 143 cm³/mol. The lowest BCUT2D eigenvalue weighted by atomic mass is 10.00. The number of H-pyrrole nitrogens is 2. The lowest BCUT2D eigenvalue weighted by molar-refractivity contribution is -0.120. The third-order valence-corrected chi connectivity index (χ3v) is 6.54. The molecule has 0 saturated heterocycles. The van der Waals surface area contributed by atoms with E-state index in [1.807, 2.05) is 85.8 Å². The molecule has 3 heterocycles. The molecule has 1 aliphatic heterocycles. The molecule has 6 rings (SSSR count). The van der Waals surface area contributed by atoms with Crippen LogP contribution in [0.15, 0.2) is 96.2 Å². The molecular formula is C29H24N6O2. The summed E-state index contributed by atoms with van der Waals surface area (Å²) < 4.78 is 0. The molecule has 0 bridgehead atoms. The highest BCUT2D eigenvalue weighted by Crippen LogP contribution is 2.30. The minimum absolute atomic E-state index is 0.238. The van der Waals surface area contributed by atoms with Crippen LogP contribution in [0.4, 0.5) is 5.69 Å². The molecule has 3 N–H and O–H groups in total. The minimum Gasteiger partial charge on any atom is -0.351 e. The first-order valence-electron chi connectivity index (χ1n) is 12.0. The van der Waals surface area contributed by atoms with Crippen molar-refractivity contribution in [2.75, 3.05) is 4.90 Å². The second-order valence-corrected chi connectivity index (χ2v) is 8.91. The van der Waals surface area contributed by atoms with Crippen LogP contribution in [0.3, 0.4) is 0 Å². The fourth-order valence-corrected chi connectivity index (χ4v) is 4.61. The zero-order chi connectivity index (χ0) is 25.4. The average molecular weight is 489 g/mol. The predicted octanol–water partition coefficient (Wildman–Crippen LogP) is 4.34. The van der Waals surface area contributed by atoms with E-state index in [-0.39, 0.29) is 12.5 Å². The molecule has 37 heavy (non-hydrogen) atoms. The van der Waals surface area contributed by atoms with Gasteiger partial charge in [0.05, 0.1) is 30.0 Å². The van der Waals surface area contributed by atoms with E-state index >= 15 is 0 Å². The maximum atomic E-state index is 14.0. The van der Waals surface area contributed by atoms with Crippen LogP contribution in [0.1, 0.15) is 33.0 Å². The van der Waals surface area contributed by atoms with Crippen molar-refractivity contribution in [3.63, 3.8) is 0 Å². The standard InChI is InChI=1S/C29H24N6O2/c1-18-24(31-17-30-18)16-35-25-14-8-6-12-21(25)26(19-9-3-2-4-10-19)33-27(29(35)37)34-28(36)23-15-20-11-5-7-13-22(20)32-23/h2-15,17,27,32H,16H2,1H3,(H,30,31)(H,34,36)/t27-/m1/s1. The third-order valence-electron chi connectivity index (χ3n) is 6.54. The van der Waals surface area contributed by atoms with Gasteiger partial charge in [0.15, 0.2) is 0 Å². The van der Waals surface area contributed by atoms with Gasteiger partial charge in [0.2, 0.25) is 6.17 Å². The number of benzene rings is 3. The quantitative estimate of drug-likeness (QED) is 0.343. The van der Waals surface area contributed by atoms with Gasteiger partial charge in [-0.2, -0.15) is 0 Å². The van der Waals surface area contributed by atoms with E-state index in [1.54, 1.807) is 17.3 Å². The number of carbonyl (C=O) groups is 2. The molecule has 0 spiro atoms. The Hall–Kier alpha value is -4.98. The highest BCUT2D eigenvalue weighted by atomic mass is 16.2. The maximum Gasteiger partial charge on any atom is 0.272 e. The molecule has 3 aromatic carbocycles. The molecule has 5 aromatic rings. The van der Waals surface area contributed by atoms with Crippen LogP contribution in [-0.2, 0) is 11.3 Å². The minimum atomic E-state index is -1.14. The summed E-state index contributed by atoms with van der Waals surface area (Å²) in [7, 11) is 0. The molecule has 8 heteroatoms. The molecular weight excluding hydrogens is 464 g/mol. The van der Waals surface area contributed by atoms with Crippen molar-refractivity contribution in [1.29, 1.82) is 0 Å². The van der Waals surface area contributed by atoms with Gasteiger partial charge in [-0.15, -0.1) is 0 Å². The van der Waals surface area contributed by atoms with Crippen LogP contribution in [0.25, 0.3) is 10.9 Å². The first kappa shape index (κ1) is 22.5. The first-order chi connectivity index (χ1) is 18.1. The highest BCUT2D eigenvalue weighted by molar-refractivity contribution is 6.20. The van der Waals surface area contributed by atoms with Gasteiger partial charge in [0.25, 0.3) is 11.8 Å². The summed E-state index contributed by atoms with van der Waals surface area (Å²) in [6.45, 7) is 2.15. The zero-order valence-electron chi connectivity index (χ0n) is 20.1. The fourth-order valence-electron chi connectivity index (χ4n) is 4.61. The van der Waals surface area contributed by atoms with Crippen LogP contribution < -0.4 is 10.2 Å². The SMILES string of the molecule is Cc1[nH]cnc1CN1C(=O)[C@@H](NC(=O)c2cc3ccccc3[nH]2)N=C(c2ccccc2)c2ccccc21. The molecule has 1 atom stereocenters. The van der Waals surface area contributed by atoms with E-state index in [0.29, 0.717) is 17.1 Å². The number of fused-ring (bicyclic) bond motifs is 2. The Kier molecular flexibility index (Phi) is 5.61. The van der Waals surface area contributed by atoms with Crippen molar-refractivity contribution in [3.05, 3.63) is 119 Å². The van der Waals surface area contributed by atoms with Crippen molar-refractivity contribution < 1.29 is 9.59 Å². The van der Waals surface area contributed by atoms with Crippen LogP contribution in [0.5, 0.6) is 0 Å². The number of amides is 2. The highest BCUT2D eigenvalue weighted by Gasteiger charge is 2.34. The topological polar surface area (TPSA) is 106 Å². The van der Waals surface area contributed by atoms with Gasteiger partial charge in [-0.05, 0) is 25.1 Å². The molecule has 0 unspecified atom stereocenters. The molecule has 8 nitrogen and oxygen atoms in total. The molecule has 2 aromatic heterocycles. The van der Waals surface area contributed by atoms with Gasteiger partial charge in [0, 0.05) is 27.7 Å². The van der Waals surface area contributed by atoms with Gasteiger partial charge >= 0.3 is 0 Å². The monoisotopic (exact) mass is 488 g/mol. The third kappa shape index (κ3) is 4.18. The molecule has 0 saturated carbocycles. The van der Waals surface area contributed by atoms with Crippen molar-refractivity contribution in [3.8, 4) is 0 Å².